The van der Waals surface area contributed by atoms with Crippen LogP contribution in [0.2, 0.25) is 0 Å². The predicted molar refractivity (Wildman–Crippen MR) is 208 cm³/mol. The summed E-state index contributed by atoms with van der Waals surface area (Å²) < 4.78 is 0. The number of hydrogen-bond donors (Lipinski definition) is 12. The maximum atomic E-state index is 13.8. The molecule has 0 aliphatic carbocycles. The van der Waals surface area contributed by atoms with E-state index in [1.54, 1.807) is 41.5 Å². The lowest BCUT2D eigenvalue weighted by atomic mass is 9.98. The van der Waals surface area contributed by atoms with Crippen LogP contribution in [-0.2, 0) is 43.2 Å². The molecule has 326 valence electrons. The van der Waals surface area contributed by atoms with E-state index in [2.05, 4.69) is 31.9 Å². The number of nitrogens with two attached hydrogens (primary N) is 4. The molecule has 0 spiro atoms. The van der Waals surface area contributed by atoms with Gasteiger partial charge in [-0.25, -0.2) is 4.79 Å². The number of amides is 8. The number of nitrogens with one attached hydrogen (secondary N) is 6. The van der Waals surface area contributed by atoms with Crippen LogP contribution in [0.25, 0.3) is 0 Å². The maximum absolute atomic E-state index is 13.8. The molecule has 0 aliphatic heterocycles. The van der Waals surface area contributed by atoms with Crippen molar-refractivity contribution in [3.63, 3.8) is 0 Å². The lowest BCUT2D eigenvalue weighted by Crippen LogP contribution is -2.61. The van der Waals surface area contributed by atoms with Gasteiger partial charge in [0, 0.05) is 6.42 Å². The van der Waals surface area contributed by atoms with Crippen molar-refractivity contribution in [3.05, 3.63) is 0 Å². The van der Waals surface area contributed by atoms with Crippen LogP contribution >= 0.6 is 0 Å². The van der Waals surface area contributed by atoms with Crippen LogP contribution in [0, 0.1) is 17.8 Å². The van der Waals surface area contributed by atoms with E-state index in [0.29, 0.717) is 12.8 Å². The number of carbonyl (C=O) groups is 9. The Kier molecular flexibility index (Phi) is 23.9. The third kappa shape index (κ3) is 20.7. The van der Waals surface area contributed by atoms with Crippen molar-refractivity contribution in [1.29, 1.82) is 0 Å². The van der Waals surface area contributed by atoms with E-state index < -0.39 is 114 Å². The number of rotatable bonds is 28. The van der Waals surface area contributed by atoms with E-state index in [1.807, 2.05) is 0 Å². The van der Waals surface area contributed by atoms with E-state index in [-0.39, 0.29) is 50.5 Å². The van der Waals surface area contributed by atoms with Gasteiger partial charge in [-0.3, -0.25) is 38.4 Å². The summed E-state index contributed by atoms with van der Waals surface area (Å²) in [6.07, 6.45) is -1.56. The zero-order chi connectivity index (χ0) is 44.2. The van der Waals surface area contributed by atoms with Gasteiger partial charge in [-0.05, 0) is 69.7 Å². The molecule has 0 unspecified atom stereocenters. The topological polar surface area (TPSA) is 370 Å². The second-order valence-electron chi connectivity index (χ2n) is 15.4. The summed E-state index contributed by atoms with van der Waals surface area (Å²) in [5, 5.41) is 34.8. The molecule has 0 aromatic heterocycles. The average Bonchev–Trinajstić information content (AvgIpc) is 3.08. The van der Waals surface area contributed by atoms with Crippen molar-refractivity contribution < 1.29 is 53.4 Å². The highest BCUT2D eigenvalue weighted by Crippen LogP contribution is 2.12. The molecule has 0 saturated carbocycles. The summed E-state index contributed by atoms with van der Waals surface area (Å²) in [6, 6.07) is -9.50. The number of primary amides is 2. The van der Waals surface area contributed by atoms with Crippen LogP contribution in [0.15, 0.2) is 0 Å². The van der Waals surface area contributed by atoms with Crippen molar-refractivity contribution in [1.82, 2.24) is 31.9 Å². The van der Waals surface area contributed by atoms with Gasteiger partial charge >= 0.3 is 5.97 Å². The third-order valence-corrected chi connectivity index (χ3v) is 8.62. The first-order chi connectivity index (χ1) is 26.4. The fourth-order valence-electron chi connectivity index (χ4n) is 5.54. The van der Waals surface area contributed by atoms with Crippen LogP contribution in [0.4, 0.5) is 0 Å². The monoisotopic (exact) mass is 814 g/mol. The lowest BCUT2D eigenvalue weighted by molar-refractivity contribution is -0.143. The first-order valence-electron chi connectivity index (χ1n) is 19.2. The van der Waals surface area contributed by atoms with Crippen LogP contribution in [0.5, 0.6) is 0 Å². The van der Waals surface area contributed by atoms with Gasteiger partial charge in [-0.15, -0.1) is 0 Å². The van der Waals surface area contributed by atoms with Gasteiger partial charge in [0.15, 0.2) is 0 Å². The van der Waals surface area contributed by atoms with E-state index in [0.717, 1.165) is 0 Å². The minimum Gasteiger partial charge on any atom is -0.480 e. The van der Waals surface area contributed by atoms with Crippen molar-refractivity contribution >= 4 is 53.2 Å². The van der Waals surface area contributed by atoms with Crippen LogP contribution in [-0.4, -0.2) is 118 Å². The Bertz CT molecular complexity index is 1390. The van der Waals surface area contributed by atoms with E-state index in [9.17, 15) is 53.4 Å². The Morgan fingerprint density at radius 3 is 1.44 bits per heavy atom. The number of carbonyl (C=O) groups excluding carboxylic acids is 8. The van der Waals surface area contributed by atoms with Gasteiger partial charge in [-0.1, -0.05) is 41.5 Å². The van der Waals surface area contributed by atoms with Gasteiger partial charge in [-0.2, -0.15) is 0 Å². The van der Waals surface area contributed by atoms with Gasteiger partial charge in [0.05, 0.1) is 18.6 Å². The molecule has 0 aromatic carbocycles. The van der Waals surface area contributed by atoms with Crippen molar-refractivity contribution in [2.24, 2.45) is 40.7 Å². The highest BCUT2D eigenvalue weighted by atomic mass is 16.4. The summed E-state index contributed by atoms with van der Waals surface area (Å²) in [5.74, 6) is -8.99. The van der Waals surface area contributed by atoms with Crippen LogP contribution in [0.3, 0.4) is 0 Å². The predicted octanol–water partition coefficient (Wildman–Crippen LogP) is -3.29. The minimum atomic E-state index is -1.59. The Morgan fingerprint density at radius 2 is 0.982 bits per heavy atom. The maximum Gasteiger partial charge on any atom is 0.326 e. The molecule has 21 nitrogen and oxygen atoms in total. The standard InChI is InChI=1S/C36H66N10O11/c1-17(2)14-24(43-35(55)29(20(7)47)46-30(50)21(38)16-27(40)49)33(53)45-28(19(5)6)34(54)42-22(10-8-9-13-37)31(51)41-23(11-12-26(39)48)32(52)44-25(36(56)57)15-18(3)4/h17-25,28-29,47H,8-16,37-38H2,1-7H3,(H2,39,48)(H2,40,49)(H,41,51)(H,42,54)(H,43,55)(H,44,52)(H,45,53)(H,46,50)(H,56,57)/t20-,21+,22+,23+,24+,25+,28+,29+/m1/s1. The second-order valence-corrected chi connectivity index (χ2v) is 15.4. The zero-order valence-electron chi connectivity index (χ0n) is 34.1. The van der Waals surface area contributed by atoms with E-state index in [1.165, 1.54) is 6.92 Å². The molecule has 0 bridgehead atoms. The molecular formula is C36H66N10O11. The number of carboxylic acids is 1. The van der Waals surface area contributed by atoms with Gasteiger partial charge in [0.2, 0.25) is 47.3 Å². The summed E-state index contributed by atoms with van der Waals surface area (Å²) in [5.41, 5.74) is 21.7. The Labute approximate surface area is 333 Å². The molecule has 0 saturated heterocycles. The van der Waals surface area contributed by atoms with Crippen molar-refractivity contribution in [2.45, 2.75) is 148 Å². The number of unbranched alkanes of at least 4 members (excludes halogenated alkanes) is 1. The van der Waals surface area contributed by atoms with Gasteiger partial charge in [0.25, 0.3) is 0 Å². The molecule has 0 rings (SSSR count). The Morgan fingerprint density at radius 1 is 0.544 bits per heavy atom. The van der Waals surface area contributed by atoms with Crippen LogP contribution < -0.4 is 54.8 Å². The molecule has 57 heavy (non-hydrogen) atoms. The molecule has 16 N–H and O–H groups in total. The lowest BCUT2D eigenvalue weighted by Gasteiger charge is -2.29. The fraction of sp³-hybridized carbons (Fsp3) is 0.750. The van der Waals surface area contributed by atoms with Crippen molar-refractivity contribution in [3.8, 4) is 0 Å². The number of aliphatic carboxylic acids is 1. The van der Waals surface area contributed by atoms with Crippen molar-refractivity contribution in [2.75, 3.05) is 6.54 Å². The largest absolute Gasteiger partial charge is 0.480 e. The number of hydrogen-bond acceptors (Lipinski definition) is 12. The molecule has 0 aliphatic rings. The molecule has 21 heteroatoms. The van der Waals surface area contributed by atoms with Gasteiger partial charge < -0.3 is 65.0 Å². The molecule has 8 amide bonds. The molecule has 0 aromatic rings. The number of aliphatic hydroxyl groups excluding tert-OH is 1. The average molecular weight is 815 g/mol. The first kappa shape index (κ1) is 52.1. The summed E-state index contributed by atoms with van der Waals surface area (Å²) >= 11 is 0. The van der Waals surface area contributed by atoms with E-state index in [4.69, 9.17) is 22.9 Å². The minimum absolute atomic E-state index is 0.0460. The molecule has 0 heterocycles. The second kappa shape index (κ2) is 26.1. The smallest absolute Gasteiger partial charge is 0.326 e. The molecular weight excluding hydrogens is 748 g/mol. The van der Waals surface area contributed by atoms with Crippen LogP contribution in [0.1, 0.15) is 99.8 Å². The quantitative estimate of drug-likeness (QED) is 0.0345. The summed E-state index contributed by atoms with van der Waals surface area (Å²) in [7, 11) is 0. The highest BCUT2D eigenvalue weighted by molar-refractivity contribution is 5.97. The first-order valence-corrected chi connectivity index (χ1v) is 19.2. The third-order valence-electron chi connectivity index (χ3n) is 8.62. The molecule has 0 radical (unpaired) electrons. The molecule has 0 fully saturated rings. The summed E-state index contributed by atoms with van der Waals surface area (Å²) in [6.45, 7) is 11.8. The Hall–Kier alpha value is -4.89. The summed E-state index contributed by atoms with van der Waals surface area (Å²) in [4.78, 5) is 115. The molecule has 8 atom stereocenters. The SMILES string of the molecule is CC(C)C[C@H](NC(=O)[C@H](CCC(N)=O)NC(=O)[C@H](CCCCN)NC(=O)[C@@H](NC(=O)[C@H](CC(C)C)NC(=O)[C@@H](NC(=O)[C@@H](N)CC(N)=O)[C@@H](C)O)C(C)C)C(=O)O. The highest BCUT2D eigenvalue weighted by Gasteiger charge is 2.36. The normalized spacial score (nSPS) is 15.5. The van der Waals surface area contributed by atoms with E-state index >= 15 is 0 Å². The fourth-order valence-corrected chi connectivity index (χ4v) is 5.54. The number of carboxylic acid groups (broad SMARTS) is 1. The van der Waals surface area contributed by atoms with Gasteiger partial charge in [0.1, 0.15) is 36.3 Å². The Balaban J connectivity index is 6.32. The number of aliphatic hydroxyl groups is 1. The zero-order valence-corrected chi connectivity index (χ0v) is 34.1.